The summed E-state index contributed by atoms with van der Waals surface area (Å²) in [5.41, 5.74) is 2.73. The number of likely N-dealkylation sites (N-methyl/N-ethyl adjacent to an activating group) is 1. The molecule has 2 unspecified atom stereocenters. The van der Waals surface area contributed by atoms with Crippen molar-refractivity contribution < 1.29 is 14.6 Å². The van der Waals surface area contributed by atoms with Gasteiger partial charge in [0, 0.05) is 7.05 Å². The fraction of sp³-hybridized carbons (Fsp3) is 0.316. The van der Waals surface area contributed by atoms with Crippen molar-refractivity contribution in [3.8, 4) is 5.75 Å². The third-order valence-electron chi connectivity index (χ3n) is 4.13. The molecule has 4 nitrogen and oxygen atoms in total. The lowest BCUT2D eigenvalue weighted by Crippen LogP contribution is -2.34. The summed E-state index contributed by atoms with van der Waals surface area (Å²) in [5, 5.41) is 10.4. The second kappa shape index (κ2) is 7.29. The van der Waals surface area contributed by atoms with E-state index < -0.39 is 6.10 Å². The number of aliphatic hydroxyl groups is 1. The Balaban J connectivity index is 2.15. The molecule has 1 N–H and O–H groups in total. The van der Waals surface area contributed by atoms with Crippen molar-refractivity contribution in [2.75, 3.05) is 14.2 Å². The van der Waals surface area contributed by atoms with Gasteiger partial charge in [0.25, 0.3) is 5.91 Å². The van der Waals surface area contributed by atoms with Gasteiger partial charge in [0.05, 0.1) is 13.2 Å². The van der Waals surface area contributed by atoms with Gasteiger partial charge in [-0.1, -0.05) is 42.0 Å². The Morgan fingerprint density at radius 1 is 1.13 bits per heavy atom. The lowest BCUT2D eigenvalue weighted by molar-refractivity contribution is -0.141. The molecule has 122 valence electrons. The van der Waals surface area contributed by atoms with Crippen LogP contribution in [0, 0.1) is 6.92 Å². The van der Waals surface area contributed by atoms with E-state index in [0.29, 0.717) is 11.3 Å². The first kappa shape index (κ1) is 17.0. The molecular weight excluding hydrogens is 290 g/mol. The molecule has 2 aromatic carbocycles. The van der Waals surface area contributed by atoms with Crippen LogP contribution in [0.3, 0.4) is 0 Å². The molecule has 0 fully saturated rings. The fourth-order valence-corrected chi connectivity index (χ4v) is 2.41. The average molecular weight is 313 g/mol. The van der Waals surface area contributed by atoms with Crippen LogP contribution in [0.4, 0.5) is 0 Å². The molecular formula is C19H23NO3. The molecule has 2 aromatic rings. The number of carbonyl (C=O) groups excluding carboxylic acids is 1. The van der Waals surface area contributed by atoms with E-state index in [-0.39, 0.29) is 11.9 Å². The first-order valence-corrected chi connectivity index (χ1v) is 7.59. The summed E-state index contributed by atoms with van der Waals surface area (Å²) in [6.45, 7) is 3.97. The molecule has 0 heterocycles. The first-order chi connectivity index (χ1) is 10.9. The number of aryl methyl sites for hydroxylation is 1. The quantitative estimate of drug-likeness (QED) is 0.922. The summed E-state index contributed by atoms with van der Waals surface area (Å²) in [4.78, 5) is 14.1. The second-order valence-corrected chi connectivity index (χ2v) is 5.71. The number of rotatable bonds is 5. The number of hydrogen-bond donors (Lipinski definition) is 1. The van der Waals surface area contributed by atoms with Crippen LogP contribution < -0.4 is 4.74 Å². The molecule has 23 heavy (non-hydrogen) atoms. The number of aliphatic hydroxyl groups excluding tert-OH is 1. The van der Waals surface area contributed by atoms with E-state index in [4.69, 9.17) is 4.74 Å². The van der Waals surface area contributed by atoms with Gasteiger partial charge in [-0.3, -0.25) is 4.79 Å². The summed E-state index contributed by atoms with van der Waals surface area (Å²) in [5.74, 6) is 0.273. The van der Waals surface area contributed by atoms with E-state index in [9.17, 15) is 9.90 Å². The fourth-order valence-electron chi connectivity index (χ4n) is 2.41. The van der Waals surface area contributed by atoms with Gasteiger partial charge < -0.3 is 14.7 Å². The molecule has 4 heteroatoms. The van der Waals surface area contributed by atoms with Crippen LogP contribution in [0.2, 0.25) is 0 Å². The van der Waals surface area contributed by atoms with Crippen LogP contribution in [0.15, 0.2) is 48.5 Å². The summed E-state index contributed by atoms with van der Waals surface area (Å²) >= 11 is 0. The van der Waals surface area contributed by atoms with Crippen LogP contribution in [-0.4, -0.2) is 30.1 Å². The molecule has 0 spiro atoms. The number of benzene rings is 2. The van der Waals surface area contributed by atoms with E-state index >= 15 is 0 Å². The maximum Gasteiger partial charge on any atom is 0.256 e. The molecule has 2 atom stereocenters. The number of carbonyl (C=O) groups is 1. The monoisotopic (exact) mass is 313 g/mol. The van der Waals surface area contributed by atoms with E-state index in [1.807, 2.05) is 38.1 Å². The zero-order valence-corrected chi connectivity index (χ0v) is 14.0. The Kier molecular flexibility index (Phi) is 5.40. The minimum Gasteiger partial charge on any atom is -0.497 e. The van der Waals surface area contributed by atoms with Gasteiger partial charge in [0.15, 0.2) is 6.10 Å². The Labute approximate surface area is 137 Å². The smallest absolute Gasteiger partial charge is 0.256 e. The Hall–Kier alpha value is -2.33. The Morgan fingerprint density at radius 2 is 1.78 bits per heavy atom. The number of nitrogens with zero attached hydrogens (tertiary/aromatic N) is 1. The van der Waals surface area contributed by atoms with E-state index in [0.717, 1.165) is 5.56 Å². The summed E-state index contributed by atoms with van der Waals surface area (Å²) < 4.78 is 5.14. The van der Waals surface area contributed by atoms with E-state index in [1.165, 1.54) is 5.56 Å². The van der Waals surface area contributed by atoms with Gasteiger partial charge in [-0.25, -0.2) is 0 Å². The van der Waals surface area contributed by atoms with Crippen LogP contribution in [-0.2, 0) is 4.79 Å². The van der Waals surface area contributed by atoms with Gasteiger partial charge in [-0.15, -0.1) is 0 Å². The van der Waals surface area contributed by atoms with Crippen molar-refractivity contribution in [2.45, 2.75) is 26.0 Å². The molecule has 0 bridgehead atoms. The summed E-state index contributed by atoms with van der Waals surface area (Å²) in [6.07, 6.45) is -1.21. The molecule has 2 rings (SSSR count). The Bertz CT molecular complexity index is 667. The van der Waals surface area contributed by atoms with Crippen LogP contribution in [0.1, 0.15) is 35.8 Å². The first-order valence-electron chi connectivity index (χ1n) is 7.59. The molecule has 0 aliphatic rings. The predicted molar refractivity (Wildman–Crippen MR) is 90.3 cm³/mol. The third kappa shape index (κ3) is 3.90. The van der Waals surface area contributed by atoms with Crippen molar-refractivity contribution in [2.24, 2.45) is 0 Å². The van der Waals surface area contributed by atoms with Gasteiger partial charge in [0.2, 0.25) is 0 Å². The molecule has 0 saturated carbocycles. The number of amides is 1. The number of methoxy groups -OCH3 is 1. The van der Waals surface area contributed by atoms with E-state index in [1.54, 1.807) is 43.3 Å². The predicted octanol–water partition coefficient (Wildman–Crippen LogP) is 3.26. The lowest BCUT2D eigenvalue weighted by Gasteiger charge is -2.27. The number of hydrogen-bond acceptors (Lipinski definition) is 3. The van der Waals surface area contributed by atoms with Crippen LogP contribution in [0.5, 0.6) is 5.75 Å². The standard InChI is InChI=1S/C19H23NO3/c1-13-8-10-15(11-9-13)14(2)20(3)19(22)18(21)16-6-5-7-17(12-16)23-4/h5-12,14,18,21H,1-4H3. The SMILES string of the molecule is COc1cccc(C(O)C(=O)N(C)C(C)c2ccc(C)cc2)c1. The average Bonchev–Trinajstić information content (AvgIpc) is 2.59. The zero-order valence-electron chi connectivity index (χ0n) is 14.0. The number of ether oxygens (including phenoxy) is 1. The normalized spacial score (nSPS) is 13.3. The second-order valence-electron chi connectivity index (χ2n) is 5.71. The maximum atomic E-state index is 12.6. The maximum absolute atomic E-state index is 12.6. The summed E-state index contributed by atoms with van der Waals surface area (Å²) in [6, 6.07) is 14.8. The highest BCUT2D eigenvalue weighted by Gasteiger charge is 2.25. The van der Waals surface area contributed by atoms with Crippen molar-refractivity contribution >= 4 is 5.91 Å². The van der Waals surface area contributed by atoms with Crippen molar-refractivity contribution in [1.29, 1.82) is 0 Å². The zero-order chi connectivity index (χ0) is 17.0. The van der Waals surface area contributed by atoms with Gasteiger partial charge >= 0.3 is 0 Å². The van der Waals surface area contributed by atoms with Gasteiger partial charge in [-0.2, -0.15) is 0 Å². The molecule has 1 amide bonds. The molecule has 0 radical (unpaired) electrons. The molecule has 0 aliphatic carbocycles. The van der Waals surface area contributed by atoms with Crippen LogP contribution >= 0.6 is 0 Å². The highest BCUT2D eigenvalue weighted by molar-refractivity contribution is 5.82. The topological polar surface area (TPSA) is 49.8 Å². The minimum atomic E-state index is -1.21. The van der Waals surface area contributed by atoms with Crippen molar-refractivity contribution in [3.05, 3.63) is 65.2 Å². The van der Waals surface area contributed by atoms with Crippen LogP contribution in [0.25, 0.3) is 0 Å². The highest BCUT2D eigenvalue weighted by atomic mass is 16.5. The molecule has 0 aromatic heterocycles. The Morgan fingerprint density at radius 3 is 2.39 bits per heavy atom. The largest absolute Gasteiger partial charge is 0.497 e. The van der Waals surface area contributed by atoms with E-state index in [2.05, 4.69) is 0 Å². The highest BCUT2D eigenvalue weighted by Crippen LogP contribution is 2.25. The van der Waals surface area contributed by atoms with Crippen molar-refractivity contribution in [3.63, 3.8) is 0 Å². The summed E-state index contributed by atoms with van der Waals surface area (Å²) in [7, 11) is 3.26. The molecule has 0 saturated heterocycles. The lowest BCUT2D eigenvalue weighted by atomic mass is 10.0. The van der Waals surface area contributed by atoms with Gasteiger partial charge in [-0.05, 0) is 37.1 Å². The molecule has 0 aliphatic heterocycles. The van der Waals surface area contributed by atoms with Gasteiger partial charge in [0.1, 0.15) is 5.75 Å². The minimum absolute atomic E-state index is 0.122. The van der Waals surface area contributed by atoms with Crippen molar-refractivity contribution in [1.82, 2.24) is 4.90 Å². The third-order valence-corrected chi connectivity index (χ3v) is 4.13.